The molecular weight excluding hydrogens is 278 g/mol. The molecule has 100 valence electrons. The molecule has 0 bridgehead atoms. The minimum absolute atomic E-state index is 0.0474. The molecule has 0 saturated heterocycles. The monoisotopic (exact) mass is 293 g/mol. The number of carbonyl (C=O) groups excluding carboxylic acids is 1. The Bertz CT molecular complexity index is 595. The Morgan fingerprint density at radius 1 is 1.47 bits per heavy atom. The quantitative estimate of drug-likeness (QED) is 0.671. The van der Waals surface area contributed by atoms with Crippen molar-refractivity contribution in [1.29, 1.82) is 0 Å². The summed E-state index contributed by atoms with van der Waals surface area (Å²) in [4.78, 5) is 17.0. The Labute approximate surface area is 120 Å². The van der Waals surface area contributed by atoms with E-state index in [-0.39, 0.29) is 5.91 Å². The van der Waals surface area contributed by atoms with Gasteiger partial charge in [0.05, 0.1) is 11.4 Å². The number of nitrogens with zero attached hydrogens (tertiary/aromatic N) is 1. The fourth-order valence-corrected chi connectivity index (χ4v) is 2.95. The third kappa shape index (κ3) is 3.97. The lowest BCUT2D eigenvalue weighted by molar-refractivity contribution is -0.113. The molecule has 0 aliphatic heterocycles. The number of aryl methyl sites for hydroxylation is 2. The summed E-state index contributed by atoms with van der Waals surface area (Å²) in [5.41, 5.74) is 8.47. The van der Waals surface area contributed by atoms with Gasteiger partial charge < -0.3 is 11.1 Å². The van der Waals surface area contributed by atoms with Crippen LogP contribution in [0.25, 0.3) is 0 Å². The van der Waals surface area contributed by atoms with Gasteiger partial charge in [-0.2, -0.15) is 0 Å². The van der Waals surface area contributed by atoms with E-state index in [2.05, 4.69) is 10.3 Å². The van der Waals surface area contributed by atoms with Gasteiger partial charge in [0, 0.05) is 16.0 Å². The summed E-state index contributed by atoms with van der Waals surface area (Å²) < 4.78 is 0. The molecule has 1 amide bonds. The highest BCUT2D eigenvalue weighted by molar-refractivity contribution is 8.00. The molecule has 1 heterocycles. The second-order valence-electron chi connectivity index (χ2n) is 4.15. The lowest BCUT2D eigenvalue weighted by Crippen LogP contribution is -2.13. The van der Waals surface area contributed by atoms with E-state index in [1.54, 1.807) is 0 Å². The first kappa shape index (κ1) is 13.9. The minimum atomic E-state index is -0.0474. The molecule has 1 aromatic heterocycles. The Balaban J connectivity index is 1.88. The van der Waals surface area contributed by atoms with Gasteiger partial charge in [0.2, 0.25) is 5.91 Å². The van der Waals surface area contributed by atoms with Gasteiger partial charge in [-0.25, -0.2) is 4.98 Å². The van der Waals surface area contributed by atoms with E-state index >= 15 is 0 Å². The summed E-state index contributed by atoms with van der Waals surface area (Å²) in [6, 6.07) is 5.77. The van der Waals surface area contributed by atoms with Gasteiger partial charge in [-0.1, -0.05) is 0 Å². The van der Waals surface area contributed by atoms with Crippen molar-refractivity contribution in [2.24, 2.45) is 0 Å². The predicted octanol–water partition coefficient (Wildman–Crippen LogP) is 3.07. The highest BCUT2D eigenvalue weighted by Crippen LogP contribution is 2.23. The number of hydrogen-bond acceptors (Lipinski definition) is 5. The normalized spacial score (nSPS) is 10.4. The molecule has 0 radical (unpaired) electrons. The molecule has 0 unspecified atom stereocenters. The number of hydrogen-bond donors (Lipinski definition) is 2. The number of nitrogens with one attached hydrogen (secondary N) is 1. The average molecular weight is 293 g/mol. The van der Waals surface area contributed by atoms with E-state index in [1.165, 1.54) is 23.1 Å². The van der Waals surface area contributed by atoms with Crippen molar-refractivity contribution in [3.05, 3.63) is 34.8 Å². The van der Waals surface area contributed by atoms with Gasteiger partial charge in [-0.15, -0.1) is 23.1 Å². The van der Waals surface area contributed by atoms with Crippen LogP contribution in [-0.4, -0.2) is 16.6 Å². The van der Waals surface area contributed by atoms with Crippen LogP contribution in [0.15, 0.2) is 28.5 Å². The van der Waals surface area contributed by atoms with Crippen LogP contribution in [0, 0.1) is 13.8 Å². The number of benzene rings is 1. The van der Waals surface area contributed by atoms with Crippen molar-refractivity contribution in [1.82, 2.24) is 4.98 Å². The van der Waals surface area contributed by atoms with Crippen molar-refractivity contribution in [3.8, 4) is 0 Å². The molecule has 6 heteroatoms. The van der Waals surface area contributed by atoms with Crippen LogP contribution in [-0.2, 0) is 4.79 Å². The van der Waals surface area contributed by atoms with Gasteiger partial charge in [0.25, 0.3) is 0 Å². The first-order valence-electron chi connectivity index (χ1n) is 5.75. The number of nitrogens with two attached hydrogens (primary N) is 1. The average Bonchev–Trinajstić information content (AvgIpc) is 2.76. The molecule has 0 aliphatic carbocycles. The van der Waals surface area contributed by atoms with E-state index in [0.717, 1.165) is 21.8 Å². The molecule has 2 rings (SSSR count). The zero-order valence-corrected chi connectivity index (χ0v) is 12.4. The molecule has 0 fully saturated rings. The van der Waals surface area contributed by atoms with E-state index in [4.69, 9.17) is 5.73 Å². The lowest BCUT2D eigenvalue weighted by Gasteiger charge is -2.05. The highest BCUT2D eigenvalue weighted by atomic mass is 32.2. The van der Waals surface area contributed by atoms with E-state index in [0.29, 0.717) is 10.9 Å². The third-order valence-corrected chi connectivity index (χ3v) is 4.35. The summed E-state index contributed by atoms with van der Waals surface area (Å²) in [6.07, 6.45) is 0. The summed E-state index contributed by atoms with van der Waals surface area (Å²) >= 11 is 2.92. The molecule has 1 aromatic carbocycles. The maximum Gasteiger partial charge on any atom is 0.236 e. The number of carbonyl (C=O) groups is 1. The molecule has 19 heavy (non-hydrogen) atoms. The van der Waals surface area contributed by atoms with Crippen LogP contribution in [0.3, 0.4) is 0 Å². The molecule has 2 aromatic rings. The Morgan fingerprint density at radius 2 is 2.26 bits per heavy atom. The van der Waals surface area contributed by atoms with Crippen LogP contribution in [0.2, 0.25) is 0 Å². The summed E-state index contributed by atoms with van der Waals surface area (Å²) in [5, 5.41) is 5.34. The van der Waals surface area contributed by atoms with Crippen molar-refractivity contribution in [2.45, 2.75) is 18.7 Å². The highest BCUT2D eigenvalue weighted by Gasteiger charge is 2.06. The SMILES string of the molecule is Cc1csc(NC(=O)CSc2ccc(N)c(C)c2)n1. The second-order valence-corrected chi connectivity index (χ2v) is 6.06. The molecule has 3 N–H and O–H groups in total. The number of thioether (sulfide) groups is 1. The Morgan fingerprint density at radius 3 is 2.89 bits per heavy atom. The standard InChI is InChI=1S/C13H15N3OS2/c1-8-5-10(3-4-11(8)14)18-7-12(17)16-13-15-9(2)6-19-13/h3-6H,7,14H2,1-2H3,(H,15,16,17). The van der Waals surface area contributed by atoms with Crippen LogP contribution < -0.4 is 11.1 Å². The van der Waals surface area contributed by atoms with Crippen molar-refractivity contribution < 1.29 is 4.79 Å². The third-order valence-electron chi connectivity index (χ3n) is 2.48. The van der Waals surface area contributed by atoms with E-state index < -0.39 is 0 Å². The first-order valence-corrected chi connectivity index (χ1v) is 7.62. The Hall–Kier alpha value is -1.53. The summed E-state index contributed by atoms with van der Waals surface area (Å²) in [7, 11) is 0. The van der Waals surface area contributed by atoms with Gasteiger partial charge in [-0.3, -0.25) is 4.79 Å². The maximum atomic E-state index is 11.8. The number of nitrogen functional groups attached to an aromatic ring is 1. The van der Waals surface area contributed by atoms with Gasteiger partial charge in [0.1, 0.15) is 0 Å². The Kier molecular flexibility index (Phi) is 4.44. The number of aromatic nitrogens is 1. The maximum absolute atomic E-state index is 11.8. The largest absolute Gasteiger partial charge is 0.399 e. The van der Waals surface area contributed by atoms with E-state index in [9.17, 15) is 4.79 Å². The predicted molar refractivity (Wildman–Crippen MR) is 81.8 cm³/mol. The van der Waals surface area contributed by atoms with Gasteiger partial charge >= 0.3 is 0 Å². The smallest absolute Gasteiger partial charge is 0.236 e. The zero-order valence-electron chi connectivity index (χ0n) is 10.8. The molecule has 0 spiro atoms. The number of amides is 1. The van der Waals surface area contributed by atoms with Crippen molar-refractivity contribution in [3.63, 3.8) is 0 Å². The van der Waals surface area contributed by atoms with Crippen LogP contribution in [0.1, 0.15) is 11.3 Å². The second kappa shape index (κ2) is 6.08. The lowest BCUT2D eigenvalue weighted by atomic mass is 10.2. The molecule has 4 nitrogen and oxygen atoms in total. The van der Waals surface area contributed by atoms with E-state index in [1.807, 2.05) is 37.4 Å². The fraction of sp³-hybridized carbons (Fsp3) is 0.231. The van der Waals surface area contributed by atoms with Crippen molar-refractivity contribution >= 4 is 39.8 Å². The molecule has 0 aliphatic rings. The van der Waals surface area contributed by atoms with Crippen LogP contribution >= 0.6 is 23.1 Å². The number of anilines is 2. The summed E-state index contributed by atoms with van der Waals surface area (Å²) in [6.45, 7) is 3.86. The molecular formula is C13H15N3OS2. The van der Waals surface area contributed by atoms with Crippen molar-refractivity contribution in [2.75, 3.05) is 16.8 Å². The van der Waals surface area contributed by atoms with Crippen LogP contribution in [0.5, 0.6) is 0 Å². The van der Waals surface area contributed by atoms with Crippen LogP contribution in [0.4, 0.5) is 10.8 Å². The molecule has 0 saturated carbocycles. The zero-order chi connectivity index (χ0) is 13.8. The number of thiazole rings is 1. The fourth-order valence-electron chi connectivity index (χ4n) is 1.45. The minimum Gasteiger partial charge on any atom is -0.399 e. The topological polar surface area (TPSA) is 68.0 Å². The summed E-state index contributed by atoms with van der Waals surface area (Å²) in [5.74, 6) is 0.316. The number of rotatable bonds is 4. The van der Waals surface area contributed by atoms with Gasteiger partial charge in [-0.05, 0) is 37.6 Å². The van der Waals surface area contributed by atoms with Gasteiger partial charge in [0.15, 0.2) is 5.13 Å². The first-order chi connectivity index (χ1) is 9.04. The molecule has 0 atom stereocenters.